The van der Waals surface area contributed by atoms with Crippen LogP contribution in [0.15, 0.2) is 0 Å². The van der Waals surface area contributed by atoms with E-state index in [-0.39, 0.29) is 11.5 Å². The first kappa shape index (κ1) is 16.7. The summed E-state index contributed by atoms with van der Waals surface area (Å²) in [5, 5.41) is 3.37. The van der Waals surface area contributed by atoms with Crippen molar-refractivity contribution in [3.05, 3.63) is 0 Å². The van der Waals surface area contributed by atoms with Crippen LogP contribution in [0.2, 0.25) is 0 Å². The van der Waals surface area contributed by atoms with E-state index in [1.807, 2.05) is 6.92 Å². The van der Waals surface area contributed by atoms with Crippen molar-refractivity contribution >= 4 is 5.91 Å². The zero-order valence-corrected chi connectivity index (χ0v) is 13.8. The zero-order valence-electron chi connectivity index (χ0n) is 13.8. The highest BCUT2D eigenvalue weighted by molar-refractivity contribution is 5.84. The van der Waals surface area contributed by atoms with Crippen LogP contribution in [-0.2, 0) is 9.53 Å². The Labute approximate surface area is 128 Å². The largest absolute Gasteiger partial charge is 0.377 e. The van der Waals surface area contributed by atoms with Crippen molar-refractivity contribution in [1.29, 1.82) is 0 Å². The summed E-state index contributed by atoms with van der Waals surface area (Å²) in [4.78, 5) is 14.5. The molecular formula is C16H31N3O2. The number of nitrogens with two attached hydrogens (primary N) is 1. The van der Waals surface area contributed by atoms with Crippen LogP contribution in [0.4, 0.5) is 0 Å². The Morgan fingerprint density at radius 2 is 2.19 bits per heavy atom. The molecule has 1 heterocycles. The molecule has 1 aliphatic carbocycles. The number of methoxy groups -OCH3 is 1. The number of hydrogen-bond acceptors (Lipinski definition) is 4. The van der Waals surface area contributed by atoms with Crippen molar-refractivity contribution < 1.29 is 9.53 Å². The molecule has 5 heteroatoms. The molecular weight excluding hydrogens is 266 g/mol. The summed E-state index contributed by atoms with van der Waals surface area (Å²) in [6, 6.07) is 0.431. The lowest BCUT2D eigenvalue weighted by Crippen LogP contribution is -2.62. The number of piperidine rings is 1. The van der Waals surface area contributed by atoms with Crippen LogP contribution < -0.4 is 11.1 Å². The van der Waals surface area contributed by atoms with E-state index in [4.69, 9.17) is 10.5 Å². The predicted molar refractivity (Wildman–Crippen MR) is 84.1 cm³/mol. The minimum absolute atomic E-state index is 0.0523. The summed E-state index contributed by atoms with van der Waals surface area (Å²) >= 11 is 0. The summed E-state index contributed by atoms with van der Waals surface area (Å²) in [6.45, 7) is 7.07. The highest BCUT2D eigenvalue weighted by Crippen LogP contribution is 2.34. The van der Waals surface area contributed by atoms with E-state index < -0.39 is 5.54 Å². The molecule has 0 bridgehead atoms. The lowest BCUT2D eigenvalue weighted by Gasteiger charge is -2.48. The van der Waals surface area contributed by atoms with Gasteiger partial charge in [-0.05, 0) is 58.5 Å². The molecule has 1 saturated carbocycles. The van der Waals surface area contributed by atoms with E-state index in [0.717, 1.165) is 58.2 Å². The van der Waals surface area contributed by atoms with Crippen LogP contribution in [0.1, 0.15) is 52.4 Å². The molecule has 1 saturated heterocycles. The van der Waals surface area contributed by atoms with Crippen molar-refractivity contribution in [2.24, 2.45) is 5.73 Å². The molecule has 3 atom stereocenters. The van der Waals surface area contributed by atoms with Crippen LogP contribution in [0, 0.1) is 0 Å². The number of ether oxygens (including phenoxy) is 1. The highest BCUT2D eigenvalue weighted by atomic mass is 16.5. The molecule has 3 N–H and O–H groups in total. The van der Waals surface area contributed by atoms with E-state index in [9.17, 15) is 4.79 Å². The van der Waals surface area contributed by atoms with Crippen molar-refractivity contribution in [2.45, 2.75) is 69.6 Å². The van der Waals surface area contributed by atoms with Gasteiger partial charge in [0.1, 0.15) is 0 Å². The Balaban J connectivity index is 2.08. The van der Waals surface area contributed by atoms with Crippen LogP contribution in [-0.4, -0.2) is 54.7 Å². The summed E-state index contributed by atoms with van der Waals surface area (Å²) in [5.41, 5.74) is 5.15. The van der Waals surface area contributed by atoms with Crippen LogP contribution in [0.3, 0.4) is 0 Å². The van der Waals surface area contributed by atoms with Gasteiger partial charge >= 0.3 is 0 Å². The van der Waals surface area contributed by atoms with Gasteiger partial charge in [-0.25, -0.2) is 0 Å². The molecule has 0 aromatic heterocycles. The molecule has 0 aromatic carbocycles. The second kappa shape index (κ2) is 6.63. The van der Waals surface area contributed by atoms with Crippen molar-refractivity contribution in [2.75, 3.05) is 26.7 Å². The van der Waals surface area contributed by atoms with Crippen molar-refractivity contribution in [1.82, 2.24) is 10.2 Å². The quantitative estimate of drug-likeness (QED) is 0.802. The lowest BCUT2D eigenvalue weighted by molar-refractivity contribution is -0.127. The molecule has 2 fully saturated rings. The van der Waals surface area contributed by atoms with Gasteiger partial charge in [-0.1, -0.05) is 6.92 Å². The number of rotatable bonds is 5. The molecule has 2 aliphatic rings. The lowest BCUT2D eigenvalue weighted by atomic mass is 9.77. The average Bonchev–Trinajstić information content (AvgIpc) is 2.48. The maximum Gasteiger partial charge on any atom is 0.237 e. The van der Waals surface area contributed by atoms with Crippen molar-refractivity contribution in [3.63, 3.8) is 0 Å². The van der Waals surface area contributed by atoms with Gasteiger partial charge < -0.3 is 15.8 Å². The molecule has 1 amide bonds. The number of nitrogens with one attached hydrogen (secondary N) is 1. The van der Waals surface area contributed by atoms with Gasteiger partial charge in [0.15, 0.2) is 0 Å². The third kappa shape index (κ3) is 3.58. The monoisotopic (exact) mass is 297 g/mol. The number of hydrogen-bond donors (Lipinski definition) is 2. The summed E-state index contributed by atoms with van der Waals surface area (Å²) in [6.07, 6.45) is 6.17. The van der Waals surface area contributed by atoms with Gasteiger partial charge in [-0.3, -0.25) is 9.69 Å². The fourth-order valence-electron chi connectivity index (χ4n) is 4.09. The Hall–Kier alpha value is -0.650. The molecule has 5 nitrogen and oxygen atoms in total. The van der Waals surface area contributed by atoms with Gasteiger partial charge in [0.25, 0.3) is 0 Å². The first-order valence-electron chi connectivity index (χ1n) is 8.29. The Morgan fingerprint density at radius 3 is 2.81 bits per heavy atom. The fourth-order valence-corrected chi connectivity index (χ4v) is 4.09. The number of nitrogens with zero attached hydrogens (tertiary/aromatic N) is 1. The van der Waals surface area contributed by atoms with Gasteiger partial charge in [-0.2, -0.15) is 0 Å². The smallest absolute Gasteiger partial charge is 0.237 e. The van der Waals surface area contributed by atoms with Gasteiger partial charge in [-0.15, -0.1) is 0 Å². The molecule has 0 radical (unpaired) electrons. The van der Waals surface area contributed by atoms with Crippen LogP contribution >= 0.6 is 0 Å². The molecule has 0 spiro atoms. The van der Waals surface area contributed by atoms with E-state index in [2.05, 4.69) is 17.1 Å². The topological polar surface area (TPSA) is 67.6 Å². The number of carbonyl (C=O) groups excluding carboxylic acids is 1. The SMILES string of the molecule is CCNC1(C(N)=O)CCCC(N2CCCC(C)(OC)C2)C1. The van der Waals surface area contributed by atoms with Gasteiger partial charge in [0.2, 0.25) is 5.91 Å². The summed E-state index contributed by atoms with van der Waals surface area (Å²) in [7, 11) is 1.80. The number of likely N-dealkylation sites (N-methyl/N-ethyl adjacent to an activating group) is 1. The minimum Gasteiger partial charge on any atom is -0.377 e. The van der Waals surface area contributed by atoms with Crippen LogP contribution in [0.25, 0.3) is 0 Å². The van der Waals surface area contributed by atoms with Gasteiger partial charge in [0.05, 0.1) is 11.1 Å². The first-order chi connectivity index (χ1) is 9.95. The van der Waals surface area contributed by atoms with Crippen molar-refractivity contribution in [3.8, 4) is 0 Å². The van der Waals surface area contributed by atoms with Crippen LogP contribution in [0.5, 0.6) is 0 Å². The fraction of sp³-hybridized carbons (Fsp3) is 0.938. The second-order valence-electron chi connectivity index (χ2n) is 6.95. The summed E-state index contributed by atoms with van der Waals surface area (Å²) < 4.78 is 5.70. The van der Waals surface area contributed by atoms with E-state index >= 15 is 0 Å². The zero-order chi connectivity index (χ0) is 15.5. The normalized spacial score (nSPS) is 38.3. The second-order valence-corrected chi connectivity index (χ2v) is 6.95. The maximum absolute atomic E-state index is 12.0. The molecule has 1 aliphatic heterocycles. The third-order valence-electron chi connectivity index (χ3n) is 5.41. The molecule has 122 valence electrons. The Morgan fingerprint density at radius 1 is 1.43 bits per heavy atom. The molecule has 3 unspecified atom stereocenters. The third-order valence-corrected chi connectivity index (χ3v) is 5.41. The number of carbonyl (C=O) groups is 1. The minimum atomic E-state index is -0.515. The predicted octanol–water partition coefficient (Wildman–Crippen LogP) is 1.26. The Kier molecular flexibility index (Phi) is 5.28. The molecule has 21 heavy (non-hydrogen) atoms. The first-order valence-corrected chi connectivity index (χ1v) is 8.29. The van der Waals surface area contributed by atoms with E-state index in [1.165, 1.54) is 0 Å². The van der Waals surface area contributed by atoms with E-state index in [1.54, 1.807) is 7.11 Å². The molecule has 2 rings (SSSR count). The summed E-state index contributed by atoms with van der Waals surface area (Å²) in [5.74, 6) is -0.194. The Bertz CT molecular complexity index is 373. The molecule has 0 aromatic rings. The number of amides is 1. The average molecular weight is 297 g/mol. The standard InChI is InChI=1S/C16H31N3O2/c1-4-18-16(14(17)20)9-5-7-13(11-16)19-10-6-8-15(2,12-19)21-3/h13,18H,4-12H2,1-3H3,(H2,17,20). The van der Waals surface area contributed by atoms with Gasteiger partial charge in [0, 0.05) is 19.7 Å². The number of primary amides is 1. The number of likely N-dealkylation sites (tertiary alicyclic amines) is 1. The van der Waals surface area contributed by atoms with E-state index in [0.29, 0.717) is 6.04 Å². The maximum atomic E-state index is 12.0. The highest BCUT2D eigenvalue weighted by Gasteiger charge is 2.44.